The topological polar surface area (TPSA) is 46.2 Å². The summed E-state index contributed by atoms with van der Waals surface area (Å²) in [5.74, 6) is 0.654. The molecule has 0 aliphatic heterocycles. The van der Waals surface area contributed by atoms with Gasteiger partial charge in [-0.25, -0.2) is 8.42 Å². The molecule has 0 heterocycles. The lowest BCUT2D eigenvalue weighted by molar-refractivity contribution is 0.438. The molecule has 0 aromatic heterocycles. The van der Waals surface area contributed by atoms with Crippen LogP contribution in [0.15, 0.2) is 0 Å². The maximum Gasteiger partial charge on any atom is 0.150 e. The van der Waals surface area contributed by atoms with Gasteiger partial charge in [0.1, 0.15) is 9.84 Å². The van der Waals surface area contributed by atoms with Gasteiger partial charge >= 0.3 is 0 Å². The molecule has 0 bridgehead atoms. The molecule has 1 rings (SSSR count). The van der Waals surface area contributed by atoms with Crippen molar-refractivity contribution in [3.05, 3.63) is 0 Å². The minimum Gasteiger partial charge on any atom is -0.319 e. The first kappa shape index (κ1) is 12.0. The Hall–Kier alpha value is -0.0900. The fourth-order valence-corrected chi connectivity index (χ4v) is 2.75. The highest BCUT2D eigenvalue weighted by atomic mass is 32.2. The zero-order chi connectivity index (χ0) is 10.7. The Morgan fingerprint density at radius 2 is 2.00 bits per heavy atom. The van der Waals surface area contributed by atoms with Crippen molar-refractivity contribution >= 4 is 9.84 Å². The highest BCUT2D eigenvalue weighted by Gasteiger charge is 2.41. The minimum absolute atomic E-state index is 0.284. The molecule has 0 aromatic rings. The maximum atomic E-state index is 11.2. The quantitative estimate of drug-likeness (QED) is 0.700. The molecule has 0 amide bonds. The molecule has 84 valence electrons. The van der Waals surface area contributed by atoms with Crippen LogP contribution in [0.3, 0.4) is 0 Å². The van der Waals surface area contributed by atoms with Gasteiger partial charge in [0.15, 0.2) is 0 Å². The van der Waals surface area contributed by atoms with E-state index in [0.717, 1.165) is 19.4 Å². The summed E-state index contributed by atoms with van der Waals surface area (Å²) in [5, 5.41) is 3.18. The Bertz CT molecular complexity index is 268. The van der Waals surface area contributed by atoms with E-state index in [2.05, 4.69) is 5.32 Å². The Morgan fingerprint density at radius 3 is 2.43 bits per heavy atom. The van der Waals surface area contributed by atoms with Crippen molar-refractivity contribution in [3.63, 3.8) is 0 Å². The van der Waals surface area contributed by atoms with Gasteiger partial charge in [0.05, 0.1) is 5.75 Å². The molecule has 3 nitrogen and oxygen atoms in total. The number of sulfone groups is 1. The summed E-state index contributed by atoms with van der Waals surface area (Å²) >= 11 is 0. The fourth-order valence-electron chi connectivity index (χ4n) is 1.88. The van der Waals surface area contributed by atoms with Gasteiger partial charge in [-0.05, 0) is 38.1 Å². The number of hydrogen-bond acceptors (Lipinski definition) is 3. The largest absolute Gasteiger partial charge is 0.319 e. The zero-order valence-electron chi connectivity index (χ0n) is 9.17. The highest BCUT2D eigenvalue weighted by Crippen LogP contribution is 2.48. The average molecular weight is 219 g/mol. The van der Waals surface area contributed by atoms with Gasteiger partial charge < -0.3 is 5.32 Å². The van der Waals surface area contributed by atoms with Gasteiger partial charge in [-0.1, -0.05) is 6.92 Å². The van der Waals surface area contributed by atoms with E-state index in [4.69, 9.17) is 0 Å². The molecule has 1 saturated carbocycles. The molecule has 1 aliphatic rings. The third kappa shape index (κ3) is 3.58. The second-order valence-corrected chi connectivity index (χ2v) is 6.84. The molecule has 0 radical (unpaired) electrons. The first-order valence-electron chi connectivity index (χ1n) is 5.39. The monoisotopic (exact) mass is 219 g/mol. The Labute approximate surface area is 87.2 Å². The van der Waals surface area contributed by atoms with Crippen molar-refractivity contribution in [2.24, 2.45) is 5.41 Å². The summed E-state index contributed by atoms with van der Waals surface area (Å²) in [6.45, 7) is 2.76. The molecule has 0 unspecified atom stereocenters. The lowest BCUT2D eigenvalue weighted by Crippen LogP contribution is -2.21. The van der Waals surface area contributed by atoms with E-state index in [9.17, 15) is 8.42 Å². The molecule has 4 heteroatoms. The van der Waals surface area contributed by atoms with Gasteiger partial charge in [-0.3, -0.25) is 0 Å². The van der Waals surface area contributed by atoms with Crippen LogP contribution in [0.25, 0.3) is 0 Å². The van der Waals surface area contributed by atoms with Gasteiger partial charge in [0, 0.05) is 12.3 Å². The van der Waals surface area contributed by atoms with Gasteiger partial charge in [-0.15, -0.1) is 0 Å². The maximum absolute atomic E-state index is 11.2. The van der Waals surface area contributed by atoms with E-state index in [0.29, 0.717) is 11.2 Å². The Balaban J connectivity index is 2.22. The van der Waals surface area contributed by atoms with Gasteiger partial charge in [-0.2, -0.15) is 0 Å². The summed E-state index contributed by atoms with van der Waals surface area (Å²) < 4.78 is 22.5. The SMILES string of the molecule is CCS(=O)(=O)CCCC1(CNC)CC1. The van der Waals surface area contributed by atoms with Crippen LogP contribution in [0.4, 0.5) is 0 Å². The van der Waals surface area contributed by atoms with Gasteiger partial charge in [0.25, 0.3) is 0 Å². The first-order chi connectivity index (χ1) is 6.54. The van der Waals surface area contributed by atoms with E-state index in [1.165, 1.54) is 12.8 Å². The van der Waals surface area contributed by atoms with Crippen LogP contribution in [-0.4, -0.2) is 33.5 Å². The summed E-state index contributed by atoms with van der Waals surface area (Å²) in [5.41, 5.74) is 0.442. The highest BCUT2D eigenvalue weighted by molar-refractivity contribution is 7.91. The Morgan fingerprint density at radius 1 is 1.36 bits per heavy atom. The van der Waals surface area contributed by atoms with Crippen molar-refractivity contribution in [2.75, 3.05) is 25.1 Å². The molecule has 0 atom stereocenters. The van der Waals surface area contributed by atoms with E-state index in [1.807, 2.05) is 7.05 Å². The third-order valence-electron chi connectivity index (χ3n) is 3.11. The second-order valence-electron chi connectivity index (χ2n) is 4.37. The smallest absolute Gasteiger partial charge is 0.150 e. The van der Waals surface area contributed by atoms with E-state index < -0.39 is 9.84 Å². The van der Waals surface area contributed by atoms with E-state index in [-0.39, 0.29) is 5.75 Å². The van der Waals surface area contributed by atoms with Crippen LogP contribution in [0.5, 0.6) is 0 Å². The van der Waals surface area contributed by atoms with E-state index in [1.54, 1.807) is 6.92 Å². The van der Waals surface area contributed by atoms with E-state index >= 15 is 0 Å². The molecule has 1 N–H and O–H groups in total. The van der Waals surface area contributed by atoms with Crippen LogP contribution in [0, 0.1) is 5.41 Å². The summed E-state index contributed by atoms with van der Waals surface area (Å²) in [7, 11) is -0.788. The summed E-state index contributed by atoms with van der Waals surface area (Å²) in [4.78, 5) is 0. The molecule has 14 heavy (non-hydrogen) atoms. The summed E-state index contributed by atoms with van der Waals surface area (Å²) in [6, 6.07) is 0. The van der Waals surface area contributed by atoms with Crippen LogP contribution < -0.4 is 5.32 Å². The standard InChI is InChI=1S/C10H21NO2S/c1-3-14(12,13)8-4-5-10(6-7-10)9-11-2/h11H,3-9H2,1-2H3. The minimum atomic E-state index is -2.75. The lowest BCUT2D eigenvalue weighted by Gasteiger charge is -2.13. The number of nitrogens with one attached hydrogen (secondary N) is 1. The van der Waals surface area contributed by atoms with Crippen molar-refractivity contribution in [2.45, 2.75) is 32.6 Å². The number of rotatable bonds is 7. The zero-order valence-corrected chi connectivity index (χ0v) is 9.99. The molecule has 1 aliphatic carbocycles. The Kier molecular flexibility index (Phi) is 3.95. The van der Waals surface area contributed by atoms with Crippen LogP contribution in [0.1, 0.15) is 32.6 Å². The van der Waals surface area contributed by atoms with Crippen LogP contribution in [0.2, 0.25) is 0 Å². The first-order valence-corrected chi connectivity index (χ1v) is 7.21. The van der Waals surface area contributed by atoms with Crippen molar-refractivity contribution in [3.8, 4) is 0 Å². The lowest BCUT2D eigenvalue weighted by atomic mass is 10.0. The van der Waals surface area contributed by atoms with Crippen LogP contribution >= 0.6 is 0 Å². The van der Waals surface area contributed by atoms with Crippen molar-refractivity contribution in [1.82, 2.24) is 5.32 Å². The normalized spacial score (nSPS) is 19.6. The average Bonchev–Trinajstić information content (AvgIpc) is 2.86. The second kappa shape index (κ2) is 4.62. The molecular formula is C10H21NO2S. The number of hydrogen-bond donors (Lipinski definition) is 1. The summed E-state index contributed by atoms with van der Waals surface area (Å²) in [6.07, 6.45) is 4.42. The van der Waals surface area contributed by atoms with Crippen molar-refractivity contribution < 1.29 is 8.42 Å². The molecule has 0 aromatic carbocycles. The van der Waals surface area contributed by atoms with Crippen molar-refractivity contribution in [1.29, 1.82) is 0 Å². The molecule has 0 spiro atoms. The molecule has 0 saturated heterocycles. The fraction of sp³-hybridized carbons (Fsp3) is 1.00. The molecular weight excluding hydrogens is 198 g/mol. The third-order valence-corrected chi connectivity index (χ3v) is 4.90. The predicted octanol–water partition coefficient (Wildman–Crippen LogP) is 1.20. The molecule has 1 fully saturated rings. The predicted molar refractivity (Wildman–Crippen MR) is 59.2 cm³/mol. The van der Waals surface area contributed by atoms with Gasteiger partial charge in [0.2, 0.25) is 0 Å². The van der Waals surface area contributed by atoms with Crippen LogP contribution in [-0.2, 0) is 9.84 Å².